The predicted octanol–water partition coefficient (Wildman–Crippen LogP) is 5.15. The molecule has 2 aromatic rings. The van der Waals surface area contributed by atoms with Crippen LogP contribution in [0.5, 0.6) is 0 Å². The number of anilines is 1. The Labute approximate surface area is 237 Å². The van der Waals surface area contributed by atoms with Crippen LogP contribution >= 0.6 is 0 Å². The van der Waals surface area contributed by atoms with Gasteiger partial charge in [-0.05, 0) is 50.5 Å². The number of aromatic nitrogens is 1. The summed E-state index contributed by atoms with van der Waals surface area (Å²) in [5.41, 5.74) is 2.00. The van der Waals surface area contributed by atoms with Crippen molar-refractivity contribution in [2.75, 3.05) is 29.5 Å². The second-order valence-corrected chi connectivity index (χ2v) is 14.7. The average molecular weight is 565 g/mol. The summed E-state index contributed by atoms with van der Waals surface area (Å²) in [7, 11) is -3.01. The van der Waals surface area contributed by atoms with Gasteiger partial charge in [-0.2, -0.15) is 5.26 Å². The highest BCUT2D eigenvalue weighted by atomic mass is 32.2. The number of benzene rings is 1. The average Bonchev–Trinajstić information content (AvgIpc) is 3.63. The van der Waals surface area contributed by atoms with E-state index in [0.29, 0.717) is 31.8 Å². The Bertz CT molecular complexity index is 1370. The molecule has 1 amide bonds. The van der Waals surface area contributed by atoms with Gasteiger partial charge < -0.3 is 14.6 Å². The normalized spacial score (nSPS) is 26.1. The Kier molecular flexibility index (Phi) is 7.64. The van der Waals surface area contributed by atoms with Gasteiger partial charge in [0.25, 0.3) is 0 Å². The minimum Gasteiger partial charge on any atom is -0.445 e. The molecular weight excluding hydrogens is 524 g/mol. The smallest absolute Gasteiger partial charge is 0.225 e. The number of nitriles is 1. The van der Waals surface area contributed by atoms with Crippen molar-refractivity contribution in [3.8, 4) is 17.3 Å². The summed E-state index contributed by atoms with van der Waals surface area (Å²) in [6, 6.07) is 10.4. The maximum absolute atomic E-state index is 13.6. The van der Waals surface area contributed by atoms with Gasteiger partial charge in [0.2, 0.25) is 5.91 Å². The van der Waals surface area contributed by atoms with E-state index < -0.39 is 15.4 Å². The van der Waals surface area contributed by atoms with Crippen LogP contribution < -0.4 is 10.2 Å². The van der Waals surface area contributed by atoms with Gasteiger partial charge in [0.15, 0.2) is 15.7 Å². The van der Waals surface area contributed by atoms with E-state index in [1.807, 2.05) is 18.2 Å². The molecule has 1 saturated heterocycles. The number of carbonyl (C=O) groups is 1. The Morgan fingerprint density at radius 3 is 2.48 bits per heavy atom. The summed E-state index contributed by atoms with van der Waals surface area (Å²) in [5.74, 6) is 1.96. The van der Waals surface area contributed by atoms with E-state index in [1.165, 1.54) is 32.1 Å². The molecule has 0 unspecified atom stereocenters. The van der Waals surface area contributed by atoms with E-state index >= 15 is 0 Å². The first-order valence-corrected chi connectivity index (χ1v) is 17.0. The van der Waals surface area contributed by atoms with Gasteiger partial charge in [-0.3, -0.25) is 4.79 Å². The van der Waals surface area contributed by atoms with E-state index in [2.05, 4.69) is 22.4 Å². The zero-order valence-corrected chi connectivity index (χ0v) is 24.1. The molecule has 4 fully saturated rings. The van der Waals surface area contributed by atoms with Crippen molar-refractivity contribution in [3.05, 3.63) is 35.9 Å². The number of oxazole rings is 1. The molecule has 0 radical (unpaired) electrons. The number of para-hydroxylation sites is 1. The van der Waals surface area contributed by atoms with Gasteiger partial charge in [-0.1, -0.05) is 50.3 Å². The van der Waals surface area contributed by atoms with Crippen molar-refractivity contribution in [3.63, 3.8) is 0 Å². The number of hydrogen-bond acceptors (Lipinski definition) is 7. The summed E-state index contributed by atoms with van der Waals surface area (Å²) >= 11 is 0. The molecule has 214 valence electrons. The number of nitrogens with one attached hydrogen (secondary N) is 1. The first kappa shape index (κ1) is 27.3. The number of hydrogen-bond donors (Lipinski definition) is 1. The van der Waals surface area contributed by atoms with Gasteiger partial charge in [-0.15, -0.1) is 0 Å². The molecule has 40 heavy (non-hydrogen) atoms. The molecule has 1 aliphatic heterocycles. The van der Waals surface area contributed by atoms with E-state index in [4.69, 9.17) is 9.40 Å². The van der Waals surface area contributed by atoms with Gasteiger partial charge in [0.05, 0.1) is 17.6 Å². The fourth-order valence-corrected chi connectivity index (χ4v) is 8.13. The van der Waals surface area contributed by atoms with Crippen molar-refractivity contribution in [2.24, 2.45) is 11.8 Å². The first-order valence-electron chi connectivity index (χ1n) is 15.1. The van der Waals surface area contributed by atoms with E-state index in [-0.39, 0.29) is 29.2 Å². The lowest BCUT2D eigenvalue weighted by Crippen LogP contribution is -2.42. The van der Waals surface area contributed by atoms with Gasteiger partial charge in [0.1, 0.15) is 17.0 Å². The van der Waals surface area contributed by atoms with Crippen molar-refractivity contribution in [1.82, 2.24) is 10.3 Å². The summed E-state index contributed by atoms with van der Waals surface area (Å²) in [4.78, 5) is 20.8. The minimum absolute atomic E-state index is 0.0468. The van der Waals surface area contributed by atoms with Crippen LogP contribution in [0.2, 0.25) is 0 Å². The third-order valence-corrected chi connectivity index (χ3v) is 11.1. The molecule has 2 heterocycles. The minimum atomic E-state index is -3.01. The highest BCUT2D eigenvalue weighted by Crippen LogP contribution is 2.45. The maximum Gasteiger partial charge on any atom is 0.225 e. The van der Waals surface area contributed by atoms with E-state index in [1.54, 1.807) is 0 Å². The lowest BCUT2D eigenvalue weighted by Gasteiger charge is -2.32. The monoisotopic (exact) mass is 564 g/mol. The molecule has 0 spiro atoms. The standard InChI is InChI=1S/C31H40N4O4S/c32-21-31(14-15-31)34-30(36)24-11-5-4-10-23(24)29-28(33-27(39-29)20-22-8-2-1-3-9-22)25-12-6-7-13-26(25)35-16-18-40(37,38)19-17-35/h6-7,12-13,22-24H,1-5,8-11,14-20H2,(H,34,36)/t23-,24-/m1/s1. The molecule has 4 aliphatic rings. The number of carbonyl (C=O) groups excluding carboxylic acids is 1. The number of rotatable bonds is 7. The van der Waals surface area contributed by atoms with Crippen LogP contribution in [0.15, 0.2) is 28.7 Å². The summed E-state index contributed by atoms with van der Waals surface area (Å²) in [6.45, 7) is 0.901. The highest BCUT2D eigenvalue weighted by molar-refractivity contribution is 7.91. The molecule has 1 aromatic heterocycles. The summed E-state index contributed by atoms with van der Waals surface area (Å²) in [6.07, 6.45) is 12.0. The third-order valence-electron chi connectivity index (χ3n) is 9.50. The van der Waals surface area contributed by atoms with Crippen molar-refractivity contribution >= 4 is 21.4 Å². The third kappa shape index (κ3) is 5.79. The van der Waals surface area contributed by atoms with Crippen molar-refractivity contribution < 1.29 is 17.6 Å². The predicted molar refractivity (Wildman–Crippen MR) is 154 cm³/mol. The van der Waals surface area contributed by atoms with E-state index in [9.17, 15) is 18.5 Å². The maximum atomic E-state index is 13.6. The van der Waals surface area contributed by atoms with Crippen LogP contribution in [0.25, 0.3) is 11.3 Å². The van der Waals surface area contributed by atoms with Crippen LogP contribution in [0.3, 0.4) is 0 Å². The second kappa shape index (κ2) is 11.2. The van der Waals surface area contributed by atoms with Crippen LogP contribution in [-0.4, -0.2) is 49.4 Å². The van der Waals surface area contributed by atoms with Crippen molar-refractivity contribution in [2.45, 2.75) is 88.5 Å². The topological polar surface area (TPSA) is 116 Å². The molecule has 3 saturated carbocycles. The summed E-state index contributed by atoms with van der Waals surface area (Å²) < 4.78 is 31.0. The van der Waals surface area contributed by atoms with Crippen LogP contribution in [-0.2, 0) is 21.1 Å². The number of sulfone groups is 1. The Hall–Kier alpha value is -2.86. The number of nitrogens with zero attached hydrogens (tertiary/aromatic N) is 3. The molecule has 1 aromatic carbocycles. The Morgan fingerprint density at radius 1 is 1.05 bits per heavy atom. The Balaban J connectivity index is 1.37. The van der Waals surface area contributed by atoms with Crippen LogP contribution in [0, 0.1) is 23.2 Å². The highest BCUT2D eigenvalue weighted by Gasteiger charge is 2.47. The van der Waals surface area contributed by atoms with Crippen LogP contribution in [0.1, 0.15) is 88.2 Å². The quantitative estimate of drug-likeness (QED) is 0.495. The van der Waals surface area contributed by atoms with Crippen molar-refractivity contribution in [1.29, 1.82) is 5.26 Å². The van der Waals surface area contributed by atoms with Gasteiger partial charge >= 0.3 is 0 Å². The number of amides is 1. The largest absolute Gasteiger partial charge is 0.445 e. The lowest BCUT2D eigenvalue weighted by atomic mass is 9.76. The molecular formula is C31H40N4O4S. The first-order chi connectivity index (χ1) is 19.4. The molecule has 8 nitrogen and oxygen atoms in total. The molecule has 1 N–H and O–H groups in total. The molecule has 9 heteroatoms. The molecule has 2 atom stereocenters. The Morgan fingerprint density at radius 2 is 1.75 bits per heavy atom. The zero-order valence-electron chi connectivity index (χ0n) is 23.2. The molecule has 0 bridgehead atoms. The summed E-state index contributed by atoms with van der Waals surface area (Å²) in [5, 5.41) is 12.7. The molecule has 6 rings (SSSR count). The molecule has 3 aliphatic carbocycles. The van der Waals surface area contributed by atoms with Gasteiger partial charge in [0, 0.05) is 42.6 Å². The second-order valence-electron chi connectivity index (χ2n) is 12.4. The zero-order chi connectivity index (χ0) is 27.7. The van der Waals surface area contributed by atoms with Gasteiger partial charge in [-0.25, -0.2) is 13.4 Å². The fraction of sp³-hybridized carbons (Fsp3) is 0.645. The lowest BCUT2D eigenvalue weighted by molar-refractivity contribution is -0.127. The SMILES string of the molecule is N#CC1(NC(=O)[C@@H]2CCCC[C@H]2c2oc(CC3CCCCC3)nc2-c2ccccc2N2CCS(=O)(=O)CC2)CC1. The van der Waals surface area contributed by atoms with E-state index in [0.717, 1.165) is 60.7 Å². The fourth-order valence-electron chi connectivity index (χ4n) is 6.93. The van der Waals surface area contributed by atoms with Crippen LogP contribution in [0.4, 0.5) is 5.69 Å².